The second-order valence-electron chi connectivity index (χ2n) is 9.84. The lowest BCUT2D eigenvalue weighted by Crippen LogP contribution is -2.29. The highest BCUT2D eigenvalue weighted by molar-refractivity contribution is 6.51. The number of carbonyl (C=O) groups excluding carboxylic acids is 2. The third kappa shape index (κ3) is 4.50. The first-order valence-electron chi connectivity index (χ1n) is 12.6. The van der Waals surface area contributed by atoms with E-state index in [2.05, 4.69) is 0 Å². The molecule has 0 radical (unpaired) electrons. The first-order chi connectivity index (χ1) is 18.3. The second-order valence-corrected chi connectivity index (χ2v) is 9.84. The van der Waals surface area contributed by atoms with Crippen molar-refractivity contribution >= 4 is 39.6 Å². The number of benzene rings is 4. The van der Waals surface area contributed by atoms with Crippen molar-refractivity contribution in [2.45, 2.75) is 26.0 Å². The number of Topliss-reactive ketones (excluding diaryl/α,β-unsaturated/α-hetero) is 1. The molecule has 6 heteroatoms. The molecule has 1 fully saturated rings. The van der Waals surface area contributed by atoms with Gasteiger partial charge in [-0.1, -0.05) is 54.6 Å². The number of hydrogen-bond donors (Lipinski definition) is 1. The highest BCUT2D eigenvalue weighted by Crippen LogP contribution is 2.43. The minimum absolute atomic E-state index is 0.00554. The van der Waals surface area contributed by atoms with Crippen LogP contribution < -0.4 is 14.5 Å². The van der Waals surface area contributed by atoms with Crippen LogP contribution in [0.1, 0.15) is 31.0 Å². The fourth-order valence-electron chi connectivity index (χ4n) is 4.90. The maximum Gasteiger partial charge on any atom is 0.300 e. The van der Waals surface area contributed by atoms with Gasteiger partial charge in [0.25, 0.3) is 11.7 Å². The molecule has 1 saturated heterocycles. The molecule has 1 unspecified atom stereocenters. The summed E-state index contributed by atoms with van der Waals surface area (Å²) < 4.78 is 5.76. The van der Waals surface area contributed by atoms with Crippen molar-refractivity contribution in [2.75, 3.05) is 23.9 Å². The van der Waals surface area contributed by atoms with Gasteiger partial charge in [0.1, 0.15) is 11.5 Å². The Kier molecular flexibility index (Phi) is 6.64. The Bertz CT molecular complexity index is 1530. The van der Waals surface area contributed by atoms with Crippen LogP contribution in [-0.4, -0.2) is 37.0 Å². The minimum atomic E-state index is -0.804. The topological polar surface area (TPSA) is 70.1 Å². The smallest absolute Gasteiger partial charge is 0.300 e. The van der Waals surface area contributed by atoms with Gasteiger partial charge in [-0.05, 0) is 66.6 Å². The molecule has 0 aromatic heterocycles. The Labute approximate surface area is 222 Å². The van der Waals surface area contributed by atoms with E-state index in [1.54, 1.807) is 30.3 Å². The Morgan fingerprint density at radius 1 is 0.868 bits per heavy atom. The van der Waals surface area contributed by atoms with Crippen LogP contribution in [0.5, 0.6) is 5.75 Å². The predicted octanol–water partition coefficient (Wildman–Crippen LogP) is 6.32. The van der Waals surface area contributed by atoms with Crippen LogP contribution >= 0.6 is 0 Å². The van der Waals surface area contributed by atoms with Crippen LogP contribution in [0.2, 0.25) is 0 Å². The molecule has 1 heterocycles. The SMILES string of the molecule is CC(C)Oc1ccc(N2C(=O)C(=O)/C(=C(\O)c3cccc4ccccc34)C2c2ccc(N(C)C)cc2)cc1. The van der Waals surface area contributed by atoms with Gasteiger partial charge >= 0.3 is 0 Å². The van der Waals surface area contributed by atoms with E-state index in [-0.39, 0.29) is 17.4 Å². The first kappa shape index (κ1) is 25.1. The summed E-state index contributed by atoms with van der Waals surface area (Å²) in [6.45, 7) is 3.88. The van der Waals surface area contributed by atoms with Gasteiger partial charge in [-0.3, -0.25) is 14.5 Å². The molecule has 5 rings (SSSR count). The van der Waals surface area contributed by atoms with E-state index in [4.69, 9.17) is 4.74 Å². The van der Waals surface area contributed by atoms with Crippen molar-refractivity contribution in [3.63, 3.8) is 0 Å². The van der Waals surface area contributed by atoms with Gasteiger partial charge in [-0.25, -0.2) is 0 Å². The molecule has 4 aromatic rings. The average Bonchev–Trinajstić information content (AvgIpc) is 3.18. The fourth-order valence-corrected chi connectivity index (χ4v) is 4.90. The summed E-state index contributed by atoms with van der Waals surface area (Å²) >= 11 is 0. The van der Waals surface area contributed by atoms with E-state index in [0.29, 0.717) is 17.0 Å². The molecule has 192 valence electrons. The van der Waals surface area contributed by atoms with Crippen LogP contribution in [0.15, 0.2) is 96.6 Å². The minimum Gasteiger partial charge on any atom is -0.507 e. The molecule has 4 aromatic carbocycles. The normalized spacial score (nSPS) is 16.9. The summed E-state index contributed by atoms with van der Waals surface area (Å²) in [4.78, 5) is 30.5. The lowest BCUT2D eigenvalue weighted by Gasteiger charge is -2.26. The Morgan fingerprint density at radius 3 is 2.18 bits per heavy atom. The number of ether oxygens (including phenoxy) is 1. The molecule has 0 spiro atoms. The van der Waals surface area contributed by atoms with E-state index in [1.807, 2.05) is 93.5 Å². The molecular weight excluding hydrogens is 476 g/mol. The zero-order valence-corrected chi connectivity index (χ0v) is 21.9. The summed E-state index contributed by atoms with van der Waals surface area (Å²) in [5.74, 6) is -0.933. The molecule has 1 aliphatic heterocycles. The molecule has 0 saturated carbocycles. The first-order valence-corrected chi connectivity index (χ1v) is 12.6. The van der Waals surface area contributed by atoms with Crippen LogP contribution in [0.25, 0.3) is 16.5 Å². The van der Waals surface area contributed by atoms with Crippen LogP contribution in [0.4, 0.5) is 11.4 Å². The van der Waals surface area contributed by atoms with Crippen molar-refractivity contribution in [3.05, 3.63) is 108 Å². The van der Waals surface area contributed by atoms with Gasteiger partial charge in [0.15, 0.2) is 0 Å². The standard InChI is InChI=1S/C32H30N2O4/c1-20(2)38-25-18-16-24(17-19-25)34-29(22-12-14-23(15-13-22)33(3)4)28(31(36)32(34)37)30(35)27-11-7-9-21-8-5-6-10-26(21)27/h5-20,29,35H,1-4H3/b30-28-. The molecule has 1 amide bonds. The number of fused-ring (bicyclic) bond motifs is 1. The molecule has 1 N–H and O–H groups in total. The van der Waals surface area contributed by atoms with Gasteiger partial charge in [-0.15, -0.1) is 0 Å². The number of ketones is 1. The number of anilines is 2. The number of rotatable bonds is 6. The highest BCUT2D eigenvalue weighted by atomic mass is 16.5. The van der Waals surface area contributed by atoms with Crippen molar-refractivity contribution in [2.24, 2.45) is 0 Å². The molecule has 1 atom stereocenters. The van der Waals surface area contributed by atoms with Gasteiger partial charge in [0.05, 0.1) is 17.7 Å². The molecular formula is C32H30N2O4. The van der Waals surface area contributed by atoms with E-state index < -0.39 is 17.7 Å². The number of nitrogens with zero attached hydrogens (tertiary/aromatic N) is 2. The highest BCUT2D eigenvalue weighted by Gasteiger charge is 2.47. The monoisotopic (exact) mass is 506 g/mol. The summed E-state index contributed by atoms with van der Waals surface area (Å²) in [5, 5.41) is 13.4. The zero-order valence-electron chi connectivity index (χ0n) is 21.9. The van der Waals surface area contributed by atoms with E-state index in [9.17, 15) is 14.7 Å². The van der Waals surface area contributed by atoms with Crippen molar-refractivity contribution in [3.8, 4) is 5.75 Å². The Hall–Kier alpha value is -4.58. The molecule has 0 bridgehead atoms. The number of carbonyl (C=O) groups is 2. The lowest BCUT2D eigenvalue weighted by atomic mass is 9.93. The third-order valence-corrected chi connectivity index (χ3v) is 6.70. The predicted molar refractivity (Wildman–Crippen MR) is 152 cm³/mol. The summed E-state index contributed by atoms with van der Waals surface area (Å²) in [6, 6.07) is 27.2. The number of aliphatic hydroxyl groups is 1. The molecule has 38 heavy (non-hydrogen) atoms. The van der Waals surface area contributed by atoms with Gasteiger partial charge in [0, 0.05) is 31.0 Å². The van der Waals surface area contributed by atoms with E-state index in [1.165, 1.54) is 4.90 Å². The van der Waals surface area contributed by atoms with Crippen LogP contribution in [-0.2, 0) is 9.59 Å². The summed E-state index contributed by atoms with van der Waals surface area (Å²) in [5.41, 5.74) is 2.82. The van der Waals surface area contributed by atoms with Crippen molar-refractivity contribution in [1.29, 1.82) is 0 Å². The number of amides is 1. The average molecular weight is 507 g/mol. The van der Waals surface area contributed by atoms with E-state index in [0.717, 1.165) is 22.0 Å². The third-order valence-electron chi connectivity index (χ3n) is 6.70. The second kappa shape index (κ2) is 10.1. The van der Waals surface area contributed by atoms with Gasteiger partial charge < -0.3 is 14.7 Å². The van der Waals surface area contributed by atoms with Crippen LogP contribution in [0, 0.1) is 0 Å². The molecule has 6 nitrogen and oxygen atoms in total. The van der Waals surface area contributed by atoms with Crippen molar-refractivity contribution in [1.82, 2.24) is 0 Å². The van der Waals surface area contributed by atoms with Gasteiger partial charge in [-0.2, -0.15) is 0 Å². The number of hydrogen-bond acceptors (Lipinski definition) is 5. The maximum atomic E-state index is 13.6. The largest absolute Gasteiger partial charge is 0.507 e. The number of aliphatic hydroxyl groups excluding tert-OH is 1. The maximum absolute atomic E-state index is 13.6. The summed E-state index contributed by atoms with van der Waals surface area (Å²) in [6.07, 6.45) is 0.00554. The van der Waals surface area contributed by atoms with Crippen molar-refractivity contribution < 1.29 is 19.4 Å². The lowest BCUT2D eigenvalue weighted by molar-refractivity contribution is -0.132. The Morgan fingerprint density at radius 2 is 1.53 bits per heavy atom. The quantitative estimate of drug-likeness (QED) is 0.188. The molecule has 1 aliphatic rings. The fraction of sp³-hybridized carbons (Fsp3) is 0.188. The zero-order chi connectivity index (χ0) is 27.0. The van der Waals surface area contributed by atoms with E-state index >= 15 is 0 Å². The van der Waals surface area contributed by atoms with Crippen LogP contribution in [0.3, 0.4) is 0 Å². The van der Waals surface area contributed by atoms with Gasteiger partial charge in [0.2, 0.25) is 0 Å². The Balaban J connectivity index is 1.69. The molecule has 0 aliphatic carbocycles. The summed E-state index contributed by atoms with van der Waals surface area (Å²) in [7, 11) is 3.89.